The van der Waals surface area contributed by atoms with Crippen LogP contribution >= 0.6 is 0 Å². The highest BCUT2D eigenvalue weighted by molar-refractivity contribution is 5.76. The van der Waals surface area contributed by atoms with Crippen LogP contribution in [0.15, 0.2) is 18.2 Å². The Kier molecular flexibility index (Phi) is 3.94. The Labute approximate surface area is 108 Å². The third-order valence-electron chi connectivity index (χ3n) is 2.66. The molecule has 6 nitrogen and oxygen atoms in total. The molecule has 1 N–H and O–H groups in total. The van der Waals surface area contributed by atoms with Crippen molar-refractivity contribution in [2.45, 2.75) is 25.3 Å². The lowest BCUT2D eigenvalue weighted by Gasteiger charge is -2.06. The van der Waals surface area contributed by atoms with Crippen molar-refractivity contribution in [3.63, 3.8) is 0 Å². The van der Waals surface area contributed by atoms with Crippen LogP contribution in [0.5, 0.6) is 5.75 Å². The maximum Gasteiger partial charge on any atom is 0.305 e. The van der Waals surface area contributed by atoms with Gasteiger partial charge in [-0.05, 0) is 18.9 Å². The van der Waals surface area contributed by atoms with Gasteiger partial charge in [0.25, 0.3) is 0 Å². The monoisotopic (exact) mass is 268 g/mol. The van der Waals surface area contributed by atoms with Gasteiger partial charge in [-0.25, -0.2) is 0 Å². The molecule has 2 rings (SSSR count). The van der Waals surface area contributed by atoms with Crippen LogP contribution in [0.3, 0.4) is 0 Å². The van der Waals surface area contributed by atoms with Crippen LogP contribution in [0.25, 0.3) is 0 Å². The van der Waals surface area contributed by atoms with E-state index in [1.807, 2.05) is 0 Å². The predicted octanol–water partition coefficient (Wildman–Crippen LogP) is 1.78. The van der Waals surface area contributed by atoms with Gasteiger partial charge in [0, 0.05) is 18.2 Å². The quantitative estimate of drug-likeness (QED) is 0.629. The number of rotatable bonds is 6. The topological polar surface area (TPSA) is 81.5 Å². The standard InChI is InChI=1S/C12H13FN2O4/c13-10-7-9(3-4-11(10)15(17)18)19-6-5-12(16)14-8-1-2-8/h3-4,7-8H,1-2,5-6H2,(H,14,16). The molecular formula is C12H13FN2O4. The zero-order chi connectivity index (χ0) is 13.8. The summed E-state index contributed by atoms with van der Waals surface area (Å²) in [6, 6.07) is 3.58. The van der Waals surface area contributed by atoms with Gasteiger partial charge in [0.1, 0.15) is 5.75 Å². The summed E-state index contributed by atoms with van der Waals surface area (Å²) in [5, 5.41) is 13.2. The van der Waals surface area contributed by atoms with Gasteiger partial charge in [0.15, 0.2) is 0 Å². The second-order valence-corrected chi connectivity index (χ2v) is 4.31. The Balaban J connectivity index is 1.80. The molecular weight excluding hydrogens is 255 g/mol. The Morgan fingerprint density at radius 3 is 2.84 bits per heavy atom. The van der Waals surface area contributed by atoms with Crippen molar-refractivity contribution in [1.82, 2.24) is 5.32 Å². The molecule has 1 amide bonds. The summed E-state index contributed by atoms with van der Waals surface area (Å²) in [5.74, 6) is -0.892. The van der Waals surface area contributed by atoms with Crippen molar-refractivity contribution in [2.75, 3.05) is 6.61 Å². The van der Waals surface area contributed by atoms with Crippen LogP contribution in [0.4, 0.5) is 10.1 Å². The summed E-state index contributed by atoms with van der Waals surface area (Å²) >= 11 is 0. The van der Waals surface area contributed by atoms with Crippen LogP contribution in [-0.2, 0) is 4.79 Å². The van der Waals surface area contributed by atoms with E-state index in [2.05, 4.69) is 5.32 Å². The second kappa shape index (κ2) is 5.64. The lowest BCUT2D eigenvalue weighted by molar-refractivity contribution is -0.387. The fourth-order valence-corrected chi connectivity index (χ4v) is 1.51. The van der Waals surface area contributed by atoms with Crippen molar-refractivity contribution in [2.24, 2.45) is 0 Å². The predicted molar refractivity (Wildman–Crippen MR) is 64.3 cm³/mol. The van der Waals surface area contributed by atoms with E-state index in [9.17, 15) is 19.3 Å². The number of hydrogen-bond acceptors (Lipinski definition) is 4. The molecule has 1 aliphatic rings. The molecule has 0 aromatic heterocycles. The number of carbonyl (C=O) groups excluding carboxylic acids is 1. The van der Waals surface area contributed by atoms with E-state index in [-0.39, 0.29) is 24.7 Å². The molecule has 0 aliphatic heterocycles. The van der Waals surface area contributed by atoms with E-state index in [0.29, 0.717) is 6.04 Å². The maximum atomic E-state index is 13.3. The van der Waals surface area contributed by atoms with Crippen LogP contribution in [0.2, 0.25) is 0 Å². The Morgan fingerprint density at radius 2 is 2.26 bits per heavy atom. The molecule has 0 spiro atoms. The Hall–Kier alpha value is -2.18. The summed E-state index contributed by atoms with van der Waals surface area (Å²) in [7, 11) is 0. The number of amides is 1. The minimum atomic E-state index is -0.954. The molecule has 1 aromatic rings. The van der Waals surface area contributed by atoms with E-state index in [0.717, 1.165) is 25.0 Å². The molecule has 7 heteroatoms. The first-order valence-electron chi connectivity index (χ1n) is 5.92. The zero-order valence-corrected chi connectivity index (χ0v) is 10.1. The lowest BCUT2D eigenvalue weighted by atomic mass is 10.3. The van der Waals surface area contributed by atoms with Crippen LogP contribution in [0.1, 0.15) is 19.3 Å². The van der Waals surface area contributed by atoms with Gasteiger partial charge in [-0.3, -0.25) is 14.9 Å². The number of nitro groups is 1. The van der Waals surface area contributed by atoms with Gasteiger partial charge in [0.2, 0.25) is 11.7 Å². The summed E-state index contributed by atoms with van der Waals surface area (Å²) in [6.07, 6.45) is 2.20. The first kappa shape index (κ1) is 13.3. The van der Waals surface area contributed by atoms with Gasteiger partial charge >= 0.3 is 5.69 Å². The number of nitrogens with zero attached hydrogens (tertiary/aromatic N) is 1. The number of hydrogen-bond donors (Lipinski definition) is 1. The zero-order valence-electron chi connectivity index (χ0n) is 10.1. The Bertz CT molecular complexity index is 503. The highest BCUT2D eigenvalue weighted by Crippen LogP contribution is 2.22. The van der Waals surface area contributed by atoms with Crippen LogP contribution in [-0.4, -0.2) is 23.5 Å². The number of nitrogens with one attached hydrogen (secondary N) is 1. The number of benzene rings is 1. The van der Waals surface area contributed by atoms with Crippen molar-refractivity contribution >= 4 is 11.6 Å². The number of ether oxygens (including phenoxy) is 1. The number of halogens is 1. The van der Waals surface area contributed by atoms with Crippen molar-refractivity contribution in [3.8, 4) is 5.75 Å². The van der Waals surface area contributed by atoms with Gasteiger partial charge in [-0.1, -0.05) is 0 Å². The lowest BCUT2D eigenvalue weighted by Crippen LogP contribution is -2.26. The van der Waals surface area contributed by atoms with Crippen LogP contribution < -0.4 is 10.1 Å². The molecule has 0 heterocycles. The molecule has 1 fully saturated rings. The minimum Gasteiger partial charge on any atom is -0.493 e. The first-order valence-corrected chi connectivity index (χ1v) is 5.92. The molecule has 0 bridgehead atoms. The Morgan fingerprint density at radius 1 is 1.53 bits per heavy atom. The summed E-state index contributed by atoms with van der Waals surface area (Å²) in [4.78, 5) is 21.0. The van der Waals surface area contributed by atoms with E-state index in [4.69, 9.17) is 4.74 Å². The molecule has 1 aromatic carbocycles. The fourth-order valence-electron chi connectivity index (χ4n) is 1.51. The molecule has 19 heavy (non-hydrogen) atoms. The highest BCUT2D eigenvalue weighted by Gasteiger charge is 2.22. The van der Waals surface area contributed by atoms with Gasteiger partial charge in [-0.2, -0.15) is 4.39 Å². The van der Waals surface area contributed by atoms with Crippen LogP contribution in [0, 0.1) is 15.9 Å². The largest absolute Gasteiger partial charge is 0.493 e. The van der Waals surface area contributed by atoms with Gasteiger partial charge < -0.3 is 10.1 Å². The van der Waals surface area contributed by atoms with Crippen molar-refractivity contribution in [3.05, 3.63) is 34.1 Å². The van der Waals surface area contributed by atoms with E-state index >= 15 is 0 Å². The molecule has 0 atom stereocenters. The fraction of sp³-hybridized carbons (Fsp3) is 0.417. The minimum absolute atomic E-state index is 0.107. The third kappa shape index (κ3) is 3.90. The first-order chi connectivity index (χ1) is 9.06. The molecule has 0 unspecified atom stereocenters. The number of carbonyl (C=O) groups is 1. The molecule has 102 valence electrons. The number of nitro benzene ring substituents is 1. The van der Waals surface area contributed by atoms with E-state index in [1.165, 1.54) is 6.07 Å². The summed E-state index contributed by atoms with van der Waals surface area (Å²) < 4.78 is 18.4. The summed E-state index contributed by atoms with van der Waals surface area (Å²) in [6.45, 7) is 0.107. The maximum absolute atomic E-state index is 13.3. The second-order valence-electron chi connectivity index (χ2n) is 4.31. The van der Waals surface area contributed by atoms with Crippen molar-refractivity contribution < 1.29 is 18.8 Å². The third-order valence-corrected chi connectivity index (χ3v) is 2.66. The van der Waals surface area contributed by atoms with E-state index < -0.39 is 16.4 Å². The highest BCUT2D eigenvalue weighted by atomic mass is 19.1. The molecule has 0 saturated heterocycles. The molecule has 1 saturated carbocycles. The molecule has 1 aliphatic carbocycles. The van der Waals surface area contributed by atoms with E-state index in [1.54, 1.807) is 0 Å². The average Bonchev–Trinajstić information content (AvgIpc) is 3.12. The van der Waals surface area contributed by atoms with Gasteiger partial charge in [0.05, 0.1) is 18.0 Å². The van der Waals surface area contributed by atoms with Crippen molar-refractivity contribution in [1.29, 1.82) is 0 Å². The average molecular weight is 268 g/mol. The molecule has 0 radical (unpaired) electrons. The smallest absolute Gasteiger partial charge is 0.305 e. The SMILES string of the molecule is O=C(CCOc1ccc([N+](=O)[O-])c(F)c1)NC1CC1. The summed E-state index contributed by atoms with van der Waals surface area (Å²) in [5.41, 5.74) is -0.598. The normalized spacial score (nSPS) is 13.9. The van der Waals surface area contributed by atoms with Gasteiger partial charge in [-0.15, -0.1) is 0 Å².